The summed E-state index contributed by atoms with van der Waals surface area (Å²) < 4.78 is 8.31. The molecule has 0 radical (unpaired) electrons. The van der Waals surface area contributed by atoms with Crippen LogP contribution in [0.1, 0.15) is 21.1 Å². The summed E-state index contributed by atoms with van der Waals surface area (Å²) in [6, 6.07) is 17.2. The number of carbonyl (C=O) groups excluding carboxylic acids is 1. The number of nitrogens with one attached hydrogen (secondary N) is 1. The van der Waals surface area contributed by atoms with Gasteiger partial charge in [0.15, 0.2) is 5.65 Å². The molecule has 0 fully saturated rings. The molecule has 6 aromatic rings. The van der Waals surface area contributed by atoms with E-state index in [9.17, 15) is 4.79 Å². The predicted molar refractivity (Wildman–Crippen MR) is 129 cm³/mol. The molecule has 0 saturated carbocycles. The molecule has 0 atom stereocenters. The molecular formula is C25H18N6O2S. The van der Waals surface area contributed by atoms with Crippen molar-refractivity contribution in [2.24, 2.45) is 0 Å². The zero-order chi connectivity index (χ0) is 22.9. The van der Waals surface area contributed by atoms with Crippen LogP contribution in [-0.2, 0) is 13.1 Å². The molecule has 5 heterocycles. The number of benzene rings is 1. The van der Waals surface area contributed by atoms with Crippen LogP contribution in [0, 0.1) is 0 Å². The van der Waals surface area contributed by atoms with Crippen LogP contribution in [0.4, 0.5) is 0 Å². The van der Waals surface area contributed by atoms with E-state index in [4.69, 9.17) is 9.40 Å². The summed E-state index contributed by atoms with van der Waals surface area (Å²) in [4.78, 5) is 26.9. The highest BCUT2D eigenvalue weighted by Gasteiger charge is 2.18. The standard InChI is InChI=1S/C25H18N6O2S/c32-25(27-14-23-29-20-7-1-2-8-22(20)34-23)18-11-21(16-5-3-9-26-12-16)30-24-19(18)13-28-31(24)15-17-6-4-10-33-17/h1-13H,14-15H2,(H,27,32). The number of hydrogen-bond donors (Lipinski definition) is 1. The Labute approximate surface area is 197 Å². The van der Waals surface area contributed by atoms with Crippen LogP contribution < -0.4 is 5.32 Å². The minimum absolute atomic E-state index is 0.214. The maximum Gasteiger partial charge on any atom is 0.252 e. The van der Waals surface area contributed by atoms with Gasteiger partial charge < -0.3 is 9.73 Å². The summed E-state index contributed by atoms with van der Waals surface area (Å²) in [7, 11) is 0. The van der Waals surface area contributed by atoms with Crippen molar-refractivity contribution in [3.63, 3.8) is 0 Å². The van der Waals surface area contributed by atoms with E-state index in [1.165, 1.54) is 0 Å². The minimum atomic E-state index is -0.214. The lowest BCUT2D eigenvalue weighted by Crippen LogP contribution is -2.23. The van der Waals surface area contributed by atoms with Crippen LogP contribution in [0.25, 0.3) is 32.5 Å². The second-order valence-corrected chi connectivity index (χ2v) is 8.79. The van der Waals surface area contributed by atoms with Crippen molar-refractivity contribution in [1.29, 1.82) is 0 Å². The van der Waals surface area contributed by atoms with Gasteiger partial charge in [-0.3, -0.25) is 9.78 Å². The third-order valence-corrected chi connectivity index (χ3v) is 6.47. The van der Waals surface area contributed by atoms with Gasteiger partial charge in [-0.05, 0) is 42.5 Å². The summed E-state index contributed by atoms with van der Waals surface area (Å²) in [6.07, 6.45) is 6.72. The van der Waals surface area contributed by atoms with Gasteiger partial charge in [0.05, 0.1) is 45.9 Å². The van der Waals surface area contributed by atoms with E-state index in [-0.39, 0.29) is 5.91 Å². The summed E-state index contributed by atoms with van der Waals surface area (Å²) in [5, 5.41) is 9.01. The number of fused-ring (bicyclic) bond motifs is 2. The molecule has 0 aliphatic rings. The molecule has 8 nitrogen and oxygen atoms in total. The number of para-hydroxylation sites is 1. The van der Waals surface area contributed by atoms with Gasteiger partial charge in [-0.25, -0.2) is 14.6 Å². The molecule has 9 heteroatoms. The van der Waals surface area contributed by atoms with Gasteiger partial charge >= 0.3 is 0 Å². The predicted octanol–water partition coefficient (Wildman–Crippen LogP) is 4.67. The monoisotopic (exact) mass is 466 g/mol. The molecule has 0 bridgehead atoms. The summed E-state index contributed by atoms with van der Waals surface area (Å²) in [5.74, 6) is 0.537. The van der Waals surface area contributed by atoms with Crippen molar-refractivity contribution >= 4 is 38.5 Å². The van der Waals surface area contributed by atoms with Crippen LogP contribution in [-0.4, -0.2) is 30.6 Å². The molecule has 0 saturated heterocycles. The van der Waals surface area contributed by atoms with Crippen LogP contribution in [0.2, 0.25) is 0 Å². The molecule has 166 valence electrons. The number of rotatable bonds is 6. The van der Waals surface area contributed by atoms with Gasteiger partial charge in [-0.1, -0.05) is 12.1 Å². The molecule has 0 aliphatic carbocycles. The lowest BCUT2D eigenvalue weighted by Gasteiger charge is -2.09. The highest BCUT2D eigenvalue weighted by molar-refractivity contribution is 7.18. The Bertz CT molecular complexity index is 1570. The molecule has 0 spiro atoms. The van der Waals surface area contributed by atoms with E-state index in [2.05, 4.69) is 20.4 Å². The van der Waals surface area contributed by atoms with E-state index in [0.29, 0.717) is 35.4 Å². The topological polar surface area (TPSA) is 98.7 Å². The highest BCUT2D eigenvalue weighted by atomic mass is 32.1. The number of thiazole rings is 1. The van der Waals surface area contributed by atoms with Gasteiger partial charge in [0.2, 0.25) is 0 Å². The highest BCUT2D eigenvalue weighted by Crippen LogP contribution is 2.26. The lowest BCUT2D eigenvalue weighted by molar-refractivity contribution is 0.0952. The zero-order valence-corrected chi connectivity index (χ0v) is 18.7. The Morgan fingerprint density at radius 3 is 2.82 bits per heavy atom. The molecule has 1 amide bonds. The van der Waals surface area contributed by atoms with Crippen LogP contribution in [0.3, 0.4) is 0 Å². The Hall–Kier alpha value is -4.37. The summed E-state index contributed by atoms with van der Waals surface area (Å²) in [6.45, 7) is 0.748. The van der Waals surface area contributed by atoms with Crippen molar-refractivity contribution in [2.45, 2.75) is 13.1 Å². The van der Waals surface area contributed by atoms with Crippen LogP contribution in [0.5, 0.6) is 0 Å². The van der Waals surface area contributed by atoms with Crippen LogP contribution in [0.15, 0.2) is 83.9 Å². The smallest absolute Gasteiger partial charge is 0.252 e. The third kappa shape index (κ3) is 3.82. The minimum Gasteiger partial charge on any atom is -0.467 e. The maximum absolute atomic E-state index is 13.3. The molecule has 1 aromatic carbocycles. The third-order valence-electron chi connectivity index (χ3n) is 5.44. The van der Waals surface area contributed by atoms with Gasteiger partial charge in [-0.2, -0.15) is 5.10 Å². The Kier molecular flexibility index (Phi) is 5.08. The number of amides is 1. The first-order chi connectivity index (χ1) is 16.7. The molecule has 34 heavy (non-hydrogen) atoms. The average molecular weight is 467 g/mol. The summed E-state index contributed by atoms with van der Waals surface area (Å²) >= 11 is 1.57. The first-order valence-corrected chi connectivity index (χ1v) is 11.5. The molecule has 1 N–H and O–H groups in total. The fraction of sp³-hybridized carbons (Fsp3) is 0.0800. The van der Waals surface area contributed by atoms with Crippen molar-refractivity contribution in [3.8, 4) is 11.3 Å². The normalized spacial score (nSPS) is 11.3. The number of hydrogen-bond acceptors (Lipinski definition) is 7. The number of aromatic nitrogens is 5. The van der Waals surface area contributed by atoms with E-state index < -0.39 is 0 Å². The van der Waals surface area contributed by atoms with E-state index in [1.54, 1.807) is 46.9 Å². The first kappa shape index (κ1) is 20.3. The number of nitrogens with zero attached hydrogens (tertiary/aromatic N) is 5. The van der Waals surface area contributed by atoms with Gasteiger partial charge in [0, 0.05) is 18.0 Å². The SMILES string of the molecule is O=C(NCc1nc2ccccc2s1)c1cc(-c2cccnc2)nc2c1cnn2Cc1ccco1. The van der Waals surface area contributed by atoms with Crippen molar-refractivity contribution < 1.29 is 9.21 Å². The van der Waals surface area contributed by atoms with Gasteiger partial charge in [-0.15, -0.1) is 11.3 Å². The molecule has 5 aromatic heterocycles. The maximum atomic E-state index is 13.3. The van der Waals surface area contributed by atoms with Gasteiger partial charge in [0.25, 0.3) is 5.91 Å². The fourth-order valence-corrected chi connectivity index (χ4v) is 4.72. The number of furan rings is 1. The van der Waals surface area contributed by atoms with E-state index in [1.807, 2.05) is 48.5 Å². The van der Waals surface area contributed by atoms with Crippen LogP contribution >= 0.6 is 11.3 Å². The summed E-state index contributed by atoms with van der Waals surface area (Å²) in [5.41, 5.74) is 3.49. The lowest BCUT2D eigenvalue weighted by atomic mass is 10.1. The Morgan fingerprint density at radius 1 is 1.06 bits per heavy atom. The second-order valence-electron chi connectivity index (χ2n) is 7.67. The zero-order valence-electron chi connectivity index (χ0n) is 17.9. The molecule has 0 aliphatic heterocycles. The van der Waals surface area contributed by atoms with Crippen molar-refractivity contribution in [1.82, 2.24) is 30.0 Å². The fourth-order valence-electron chi connectivity index (χ4n) is 3.81. The number of carbonyl (C=O) groups is 1. The molecule has 0 unspecified atom stereocenters. The molecule has 6 rings (SSSR count). The quantitative estimate of drug-likeness (QED) is 0.383. The molecular weight excluding hydrogens is 448 g/mol. The van der Waals surface area contributed by atoms with E-state index >= 15 is 0 Å². The van der Waals surface area contributed by atoms with Gasteiger partial charge in [0.1, 0.15) is 17.3 Å². The largest absolute Gasteiger partial charge is 0.467 e. The second kappa shape index (κ2) is 8.53. The number of pyridine rings is 2. The average Bonchev–Trinajstić information content (AvgIpc) is 3.63. The Morgan fingerprint density at radius 2 is 2.00 bits per heavy atom. The van der Waals surface area contributed by atoms with E-state index in [0.717, 1.165) is 26.5 Å². The van der Waals surface area contributed by atoms with Crippen molar-refractivity contribution in [2.75, 3.05) is 0 Å². The first-order valence-electron chi connectivity index (χ1n) is 10.7. The Balaban J connectivity index is 1.37. The van der Waals surface area contributed by atoms with Crippen molar-refractivity contribution in [3.05, 3.63) is 95.8 Å².